The van der Waals surface area contributed by atoms with Gasteiger partial charge in [0.25, 0.3) is 5.56 Å². The monoisotopic (exact) mass is 495 g/mol. The first kappa shape index (κ1) is 19.1. The van der Waals surface area contributed by atoms with E-state index in [2.05, 4.69) is 42.2 Å². The highest BCUT2D eigenvalue weighted by Gasteiger charge is 2.13. The van der Waals surface area contributed by atoms with Gasteiger partial charge in [0.2, 0.25) is 5.91 Å². The van der Waals surface area contributed by atoms with Crippen LogP contribution in [0.2, 0.25) is 0 Å². The molecule has 0 bridgehead atoms. The number of amides is 1. The number of fused-ring (bicyclic) bond motifs is 1. The summed E-state index contributed by atoms with van der Waals surface area (Å²) in [5.41, 5.74) is 1.24. The van der Waals surface area contributed by atoms with Crippen LogP contribution < -0.4 is 10.9 Å². The van der Waals surface area contributed by atoms with E-state index in [0.717, 1.165) is 8.95 Å². The van der Waals surface area contributed by atoms with Crippen LogP contribution >= 0.6 is 43.6 Å². The number of hydrogen-bond donors (Lipinski definition) is 1. The molecule has 1 N–H and O–H groups in total. The summed E-state index contributed by atoms with van der Waals surface area (Å²) in [7, 11) is 0. The van der Waals surface area contributed by atoms with Crippen LogP contribution in [-0.2, 0) is 11.3 Å². The molecule has 1 amide bonds. The molecule has 0 aliphatic carbocycles. The number of nitrogens with one attached hydrogen (secondary N) is 1. The Labute approximate surface area is 171 Å². The van der Waals surface area contributed by atoms with Crippen molar-refractivity contribution < 1.29 is 4.79 Å². The molecule has 8 heteroatoms. The smallest absolute Gasteiger partial charge is 0.262 e. The molecule has 134 valence electrons. The first-order chi connectivity index (χ1) is 12.5. The zero-order valence-corrected chi connectivity index (χ0v) is 17.8. The number of hydrogen-bond acceptors (Lipinski definition) is 4. The first-order valence-corrected chi connectivity index (χ1v) is 10.4. The normalized spacial score (nSPS) is 10.9. The van der Waals surface area contributed by atoms with E-state index >= 15 is 0 Å². The van der Waals surface area contributed by atoms with Gasteiger partial charge in [-0.05, 0) is 43.3 Å². The lowest BCUT2D eigenvalue weighted by molar-refractivity contribution is -0.113. The van der Waals surface area contributed by atoms with Crippen molar-refractivity contribution in [3.63, 3.8) is 0 Å². The molecular formula is C18H15Br2N3O2S. The summed E-state index contributed by atoms with van der Waals surface area (Å²) in [4.78, 5) is 29.5. The number of carbonyl (C=O) groups is 1. The zero-order chi connectivity index (χ0) is 18.7. The molecule has 0 spiro atoms. The summed E-state index contributed by atoms with van der Waals surface area (Å²) in [6, 6.07) is 12.8. The van der Waals surface area contributed by atoms with Crippen LogP contribution in [0.25, 0.3) is 10.9 Å². The summed E-state index contributed by atoms with van der Waals surface area (Å²) in [5, 5.41) is 3.94. The molecule has 3 rings (SSSR count). The molecule has 2 aromatic carbocycles. The van der Waals surface area contributed by atoms with E-state index in [-0.39, 0.29) is 17.2 Å². The first-order valence-electron chi connectivity index (χ1n) is 7.86. The van der Waals surface area contributed by atoms with Crippen LogP contribution in [-0.4, -0.2) is 21.2 Å². The van der Waals surface area contributed by atoms with Crippen LogP contribution in [0, 0.1) is 0 Å². The summed E-state index contributed by atoms with van der Waals surface area (Å²) in [6.45, 7) is 2.38. The fraction of sp³-hybridized carbons (Fsp3) is 0.167. The number of halogens is 2. The number of benzene rings is 2. The SMILES string of the molecule is CCn1c(SCC(=O)Nc2cccc(Br)c2)nc2ccc(Br)cc2c1=O. The summed E-state index contributed by atoms with van der Waals surface area (Å²) in [6.07, 6.45) is 0. The third kappa shape index (κ3) is 4.36. The Balaban J connectivity index is 1.81. The fourth-order valence-corrected chi connectivity index (χ4v) is 4.08. The fourth-order valence-electron chi connectivity index (χ4n) is 2.46. The molecule has 26 heavy (non-hydrogen) atoms. The molecule has 3 aromatic rings. The Morgan fingerprint density at radius 1 is 1.19 bits per heavy atom. The van der Waals surface area contributed by atoms with E-state index < -0.39 is 0 Å². The number of anilines is 1. The van der Waals surface area contributed by atoms with Crippen molar-refractivity contribution in [2.24, 2.45) is 0 Å². The summed E-state index contributed by atoms with van der Waals surface area (Å²) < 4.78 is 3.32. The van der Waals surface area contributed by atoms with Crippen LogP contribution in [0.1, 0.15) is 6.92 Å². The van der Waals surface area contributed by atoms with E-state index in [0.29, 0.717) is 28.3 Å². The molecule has 0 radical (unpaired) electrons. The molecule has 1 heterocycles. The van der Waals surface area contributed by atoms with E-state index in [1.165, 1.54) is 11.8 Å². The Bertz CT molecular complexity index is 1040. The lowest BCUT2D eigenvalue weighted by Gasteiger charge is -2.11. The van der Waals surface area contributed by atoms with Gasteiger partial charge in [0.15, 0.2) is 5.16 Å². The molecule has 0 aliphatic heterocycles. The standard InChI is InChI=1S/C18H15Br2N3O2S/c1-2-23-17(25)14-9-12(20)6-7-15(14)22-18(23)26-10-16(24)21-13-5-3-4-11(19)8-13/h3-9H,2,10H2,1H3,(H,21,24). The van der Waals surface area contributed by atoms with Gasteiger partial charge in [-0.2, -0.15) is 0 Å². The molecule has 0 saturated carbocycles. The van der Waals surface area contributed by atoms with Gasteiger partial charge in [0.1, 0.15) is 0 Å². The lowest BCUT2D eigenvalue weighted by Crippen LogP contribution is -2.23. The van der Waals surface area contributed by atoms with E-state index in [9.17, 15) is 9.59 Å². The summed E-state index contributed by atoms with van der Waals surface area (Å²) >= 11 is 8.01. The number of carbonyl (C=O) groups excluding carboxylic acids is 1. The second kappa shape index (κ2) is 8.37. The summed E-state index contributed by atoms with van der Waals surface area (Å²) in [5.74, 6) is 0.0157. The minimum Gasteiger partial charge on any atom is -0.325 e. The zero-order valence-electron chi connectivity index (χ0n) is 13.8. The Hall–Kier alpha value is -1.64. The lowest BCUT2D eigenvalue weighted by atomic mass is 10.2. The predicted octanol–water partition coefficient (Wildman–Crippen LogP) is 4.67. The van der Waals surface area contributed by atoms with Crippen molar-refractivity contribution in [2.45, 2.75) is 18.6 Å². The van der Waals surface area contributed by atoms with Gasteiger partial charge in [0, 0.05) is 21.2 Å². The third-order valence-corrected chi connectivity index (χ3v) is 5.60. The van der Waals surface area contributed by atoms with Crippen LogP contribution in [0.3, 0.4) is 0 Å². The van der Waals surface area contributed by atoms with Crippen molar-refractivity contribution in [3.05, 3.63) is 61.8 Å². The molecule has 0 atom stereocenters. The molecule has 0 aliphatic rings. The van der Waals surface area contributed by atoms with Crippen molar-refractivity contribution in [3.8, 4) is 0 Å². The average molecular weight is 497 g/mol. The maximum absolute atomic E-state index is 12.7. The van der Waals surface area contributed by atoms with Crippen molar-refractivity contribution in [1.82, 2.24) is 9.55 Å². The second-order valence-corrected chi connectivity index (χ2v) is 8.23. The Morgan fingerprint density at radius 2 is 1.96 bits per heavy atom. The van der Waals surface area contributed by atoms with Gasteiger partial charge in [-0.1, -0.05) is 49.7 Å². The average Bonchev–Trinajstić information content (AvgIpc) is 2.61. The van der Waals surface area contributed by atoms with Crippen LogP contribution in [0.4, 0.5) is 5.69 Å². The Kier molecular flexibility index (Phi) is 6.16. The largest absolute Gasteiger partial charge is 0.325 e. The van der Waals surface area contributed by atoms with E-state index in [4.69, 9.17) is 0 Å². The highest BCUT2D eigenvalue weighted by molar-refractivity contribution is 9.10. The predicted molar refractivity (Wildman–Crippen MR) is 113 cm³/mol. The molecule has 0 unspecified atom stereocenters. The highest BCUT2D eigenvalue weighted by atomic mass is 79.9. The molecule has 5 nitrogen and oxygen atoms in total. The van der Waals surface area contributed by atoms with E-state index in [1.807, 2.05) is 37.3 Å². The van der Waals surface area contributed by atoms with E-state index in [1.54, 1.807) is 16.7 Å². The second-order valence-electron chi connectivity index (χ2n) is 5.45. The molecule has 0 fully saturated rings. The number of thioether (sulfide) groups is 1. The van der Waals surface area contributed by atoms with Gasteiger partial charge >= 0.3 is 0 Å². The topological polar surface area (TPSA) is 64.0 Å². The number of rotatable bonds is 5. The Morgan fingerprint density at radius 3 is 2.69 bits per heavy atom. The minimum absolute atomic E-state index is 0.103. The number of aromatic nitrogens is 2. The molecule has 0 saturated heterocycles. The van der Waals surface area contributed by atoms with Gasteiger partial charge < -0.3 is 5.32 Å². The maximum Gasteiger partial charge on any atom is 0.262 e. The van der Waals surface area contributed by atoms with Gasteiger partial charge in [-0.3, -0.25) is 14.2 Å². The van der Waals surface area contributed by atoms with Crippen LogP contribution in [0.15, 0.2) is 61.4 Å². The quantitative estimate of drug-likeness (QED) is 0.411. The van der Waals surface area contributed by atoms with Crippen molar-refractivity contribution in [2.75, 3.05) is 11.1 Å². The third-order valence-electron chi connectivity index (χ3n) is 3.64. The molecular weight excluding hydrogens is 482 g/mol. The molecule has 1 aromatic heterocycles. The highest BCUT2D eigenvalue weighted by Crippen LogP contribution is 2.21. The maximum atomic E-state index is 12.7. The van der Waals surface area contributed by atoms with Crippen molar-refractivity contribution >= 4 is 66.1 Å². The van der Waals surface area contributed by atoms with Crippen LogP contribution in [0.5, 0.6) is 0 Å². The van der Waals surface area contributed by atoms with Crippen molar-refractivity contribution in [1.29, 1.82) is 0 Å². The minimum atomic E-state index is -0.152. The van der Waals surface area contributed by atoms with Gasteiger partial charge in [-0.15, -0.1) is 0 Å². The van der Waals surface area contributed by atoms with Gasteiger partial charge in [0.05, 0.1) is 16.7 Å². The number of nitrogens with zero attached hydrogens (tertiary/aromatic N) is 2. The van der Waals surface area contributed by atoms with Gasteiger partial charge in [-0.25, -0.2) is 4.98 Å².